The molecule has 0 bridgehead atoms. The Morgan fingerprint density at radius 1 is 0.609 bits per heavy atom. The van der Waals surface area contributed by atoms with E-state index in [0.717, 1.165) is 28.4 Å². The monoisotopic (exact) mass is 305 g/mol. The van der Waals surface area contributed by atoms with Gasteiger partial charge in [0.1, 0.15) is 23.9 Å². The average Bonchev–Trinajstić information content (AvgIpc) is 2.63. The molecule has 3 aromatic carbocycles. The fraction of sp³-hybridized carbons (Fsp3) is 0.100. The Morgan fingerprint density at radius 2 is 1.17 bits per heavy atom. The number of ether oxygens (including phenoxy) is 2. The van der Waals surface area contributed by atoms with Crippen LogP contribution in [0.5, 0.6) is 17.2 Å². The molecule has 0 spiro atoms. The highest BCUT2D eigenvalue weighted by molar-refractivity contribution is 5.36. The van der Waals surface area contributed by atoms with Gasteiger partial charge in [-0.2, -0.15) is 0 Å². The fourth-order valence-electron chi connectivity index (χ4n) is 2.17. The molecule has 0 aliphatic carbocycles. The van der Waals surface area contributed by atoms with Gasteiger partial charge in [-0.25, -0.2) is 0 Å². The van der Waals surface area contributed by atoms with E-state index in [2.05, 4.69) is 0 Å². The molecule has 0 amide bonds. The molecular formula is C20H19NO2. The van der Waals surface area contributed by atoms with E-state index in [1.807, 2.05) is 78.9 Å². The van der Waals surface area contributed by atoms with Crippen LogP contribution in [0.3, 0.4) is 0 Å². The summed E-state index contributed by atoms with van der Waals surface area (Å²) >= 11 is 0. The first-order valence-electron chi connectivity index (χ1n) is 7.57. The van der Waals surface area contributed by atoms with Gasteiger partial charge in [0.05, 0.1) is 0 Å². The van der Waals surface area contributed by atoms with Crippen LogP contribution in [-0.4, -0.2) is 0 Å². The SMILES string of the molecule is NCc1ccc(Oc2ccc(OCc3ccccc3)cc2)cc1. The third-order valence-electron chi connectivity index (χ3n) is 3.47. The maximum absolute atomic E-state index is 5.80. The molecule has 3 nitrogen and oxygen atoms in total. The number of nitrogens with two attached hydrogens (primary N) is 1. The molecule has 116 valence electrons. The molecule has 0 saturated carbocycles. The highest BCUT2D eigenvalue weighted by Gasteiger charge is 2.00. The Morgan fingerprint density at radius 3 is 1.78 bits per heavy atom. The minimum atomic E-state index is 0.535. The van der Waals surface area contributed by atoms with E-state index in [-0.39, 0.29) is 0 Å². The van der Waals surface area contributed by atoms with Crippen molar-refractivity contribution in [2.45, 2.75) is 13.2 Å². The third-order valence-corrected chi connectivity index (χ3v) is 3.47. The lowest BCUT2D eigenvalue weighted by Crippen LogP contribution is -1.95. The van der Waals surface area contributed by atoms with Gasteiger partial charge in [0.15, 0.2) is 0 Å². The van der Waals surface area contributed by atoms with Crippen molar-refractivity contribution in [2.24, 2.45) is 5.73 Å². The van der Waals surface area contributed by atoms with Gasteiger partial charge in [-0.3, -0.25) is 0 Å². The minimum absolute atomic E-state index is 0.535. The lowest BCUT2D eigenvalue weighted by Gasteiger charge is -2.09. The molecule has 23 heavy (non-hydrogen) atoms. The smallest absolute Gasteiger partial charge is 0.127 e. The number of hydrogen-bond acceptors (Lipinski definition) is 3. The van der Waals surface area contributed by atoms with Crippen molar-refractivity contribution in [3.05, 3.63) is 90.0 Å². The van der Waals surface area contributed by atoms with Gasteiger partial charge in [0.25, 0.3) is 0 Å². The van der Waals surface area contributed by atoms with Crippen LogP contribution in [0.25, 0.3) is 0 Å². The predicted octanol–water partition coefficient (Wildman–Crippen LogP) is 4.52. The van der Waals surface area contributed by atoms with Crippen molar-refractivity contribution in [3.63, 3.8) is 0 Å². The Hall–Kier alpha value is -2.78. The van der Waals surface area contributed by atoms with Crippen molar-refractivity contribution in [2.75, 3.05) is 0 Å². The first-order valence-corrected chi connectivity index (χ1v) is 7.57. The lowest BCUT2D eigenvalue weighted by molar-refractivity contribution is 0.306. The summed E-state index contributed by atoms with van der Waals surface area (Å²) in [7, 11) is 0. The quantitative estimate of drug-likeness (QED) is 0.728. The zero-order chi connectivity index (χ0) is 15.9. The zero-order valence-electron chi connectivity index (χ0n) is 12.8. The van der Waals surface area contributed by atoms with E-state index in [1.54, 1.807) is 0 Å². The van der Waals surface area contributed by atoms with Crippen LogP contribution in [0.2, 0.25) is 0 Å². The van der Waals surface area contributed by atoms with Crippen molar-refractivity contribution in [3.8, 4) is 17.2 Å². The van der Waals surface area contributed by atoms with E-state index in [4.69, 9.17) is 15.2 Å². The van der Waals surface area contributed by atoms with Crippen LogP contribution in [-0.2, 0) is 13.2 Å². The van der Waals surface area contributed by atoms with Crippen molar-refractivity contribution in [1.29, 1.82) is 0 Å². The van der Waals surface area contributed by atoms with Crippen molar-refractivity contribution >= 4 is 0 Å². The Bertz CT molecular complexity index is 722. The number of hydrogen-bond donors (Lipinski definition) is 1. The molecule has 0 radical (unpaired) electrons. The summed E-state index contributed by atoms with van der Waals surface area (Å²) in [5.41, 5.74) is 7.82. The molecule has 0 unspecified atom stereocenters. The fourth-order valence-corrected chi connectivity index (χ4v) is 2.17. The number of rotatable bonds is 6. The second-order valence-corrected chi connectivity index (χ2v) is 5.20. The summed E-state index contributed by atoms with van der Waals surface area (Å²) in [4.78, 5) is 0. The summed E-state index contributed by atoms with van der Waals surface area (Å²) in [5, 5.41) is 0. The molecule has 3 heteroatoms. The molecule has 0 aromatic heterocycles. The van der Waals surface area contributed by atoms with E-state index in [9.17, 15) is 0 Å². The van der Waals surface area contributed by atoms with Gasteiger partial charge in [-0.05, 0) is 47.5 Å². The third kappa shape index (κ3) is 4.34. The van der Waals surface area contributed by atoms with Gasteiger partial charge in [0, 0.05) is 6.54 Å². The normalized spacial score (nSPS) is 10.3. The van der Waals surface area contributed by atoms with Crippen LogP contribution in [0.4, 0.5) is 0 Å². The molecule has 2 N–H and O–H groups in total. The average molecular weight is 305 g/mol. The molecular weight excluding hydrogens is 286 g/mol. The van der Waals surface area contributed by atoms with Gasteiger partial charge in [0.2, 0.25) is 0 Å². The Balaban J connectivity index is 1.58. The molecule has 0 heterocycles. The van der Waals surface area contributed by atoms with Crippen LogP contribution in [0.15, 0.2) is 78.9 Å². The molecule has 0 fully saturated rings. The Labute approximate surface area is 136 Å². The molecule has 0 saturated heterocycles. The summed E-state index contributed by atoms with van der Waals surface area (Å²) in [6.07, 6.45) is 0. The van der Waals surface area contributed by atoms with Gasteiger partial charge in [-0.15, -0.1) is 0 Å². The van der Waals surface area contributed by atoms with Gasteiger partial charge >= 0.3 is 0 Å². The topological polar surface area (TPSA) is 44.5 Å². The molecule has 3 rings (SSSR count). The van der Waals surface area contributed by atoms with E-state index in [0.29, 0.717) is 13.2 Å². The van der Waals surface area contributed by atoms with Gasteiger partial charge < -0.3 is 15.2 Å². The second-order valence-electron chi connectivity index (χ2n) is 5.20. The summed E-state index contributed by atoms with van der Waals surface area (Å²) in [5.74, 6) is 2.39. The molecule has 0 aliphatic heterocycles. The predicted molar refractivity (Wildman–Crippen MR) is 91.6 cm³/mol. The largest absolute Gasteiger partial charge is 0.489 e. The maximum atomic E-state index is 5.80. The van der Waals surface area contributed by atoms with Crippen LogP contribution < -0.4 is 15.2 Å². The first-order chi connectivity index (χ1) is 11.3. The molecule has 0 aliphatic rings. The van der Waals surface area contributed by atoms with Crippen LogP contribution in [0.1, 0.15) is 11.1 Å². The summed E-state index contributed by atoms with van der Waals surface area (Å²) < 4.78 is 11.6. The van der Waals surface area contributed by atoms with Gasteiger partial charge in [-0.1, -0.05) is 42.5 Å². The second kappa shape index (κ2) is 7.47. The molecule has 3 aromatic rings. The van der Waals surface area contributed by atoms with E-state index in [1.165, 1.54) is 0 Å². The van der Waals surface area contributed by atoms with E-state index < -0.39 is 0 Å². The first kappa shape index (κ1) is 15.1. The maximum Gasteiger partial charge on any atom is 0.127 e. The molecule has 0 atom stereocenters. The Kier molecular flexibility index (Phi) is 4.92. The van der Waals surface area contributed by atoms with Crippen molar-refractivity contribution < 1.29 is 9.47 Å². The highest BCUT2D eigenvalue weighted by Crippen LogP contribution is 2.24. The van der Waals surface area contributed by atoms with E-state index >= 15 is 0 Å². The number of benzene rings is 3. The summed E-state index contributed by atoms with van der Waals surface area (Å²) in [6.45, 7) is 1.09. The minimum Gasteiger partial charge on any atom is -0.489 e. The zero-order valence-corrected chi connectivity index (χ0v) is 12.8. The van der Waals surface area contributed by atoms with Crippen molar-refractivity contribution in [1.82, 2.24) is 0 Å². The van der Waals surface area contributed by atoms with Crippen LogP contribution in [0, 0.1) is 0 Å². The van der Waals surface area contributed by atoms with Crippen LogP contribution >= 0.6 is 0 Å². The highest BCUT2D eigenvalue weighted by atomic mass is 16.5. The standard InChI is InChI=1S/C20H19NO2/c21-14-16-6-8-19(9-7-16)23-20-12-10-18(11-13-20)22-15-17-4-2-1-3-5-17/h1-13H,14-15,21H2. The summed E-state index contributed by atoms with van der Waals surface area (Å²) in [6, 6.07) is 25.5. The lowest BCUT2D eigenvalue weighted by atomic mass is 10.2.